The number of hydrogen-bond donors (Lipinski definition) is 2. The maximum Gasteiger partial charge on any atom is 0.0193 e. The van der Waals surface area contributed by atoms with Crippen molar-refractivity contribution in [1.29, 1.82) is 0 Å². The minimum Gasteiger partial charge on any atom is -0.329 e. The summed E-state index contributed by atoms with van der Waals surface area (Å²) in [4.78, 5) is 0. The van der Waals surface area contributed by atoms with E-state index in [2.05, 4.69) is 12.2 Å². The van der Waals surface area contributed by atoms with Crippen molar-refractivity contribution in [3.63, 3.8) is 0 Å². The summed E-state index contributed by atoms with van der Waals surface area (Å²) in [5.41, 5.74) is 5.49. The Morgan fingerprint density at radius 3 is 2.44 bits per heavy atom. The second kappa shape index (κ2) is 3.18. The maximum absolute atomic E-state index is 5.49. The highest BCUT2D eigenvalue weighted by Crippen LogP contribution is 2.13. The lowest BCUT2D eigenvalue weighted by molar-refractivity contribution is 0.531. The zero-order chi connectivity index (χ0) is 6.69. The van der Waals surface area contributed by atoms with E-state index >= 15 is 0 Å². The van der Waals surface area contributed by atoms with E-state index in [4.69, 9.17) is 5.73 Å². The van der Waals surface area contributed by atoms with E-state index in [1.165, 1.54) is 19.3 Å². The Labute approximate surface area is 56.8 Å². The Hall–Kier alpha value is -0.0800. The van der Waals surface area contributed by atoms with Gasteiger partial charge < -0.3 is 11.1 Å². The van der Waals surface area contributed by atoms with Gasteiger partial charge in [-0.1, -0.05) is 6.92 Å². The molecule has 2 atom stereocenters. The summed E-state index contributed by atoms with van der Waals surface area (Å²) in [6.45, 7) is 3.02. The van der Waals surface area contributed by atoms with Crippen LogP contribution in [0, 0.1) is 0 Å². The first-order valence-corrected chi connectivity index (χ1v) is 3.83. The Morgan fingerprint density at radius 2 is 2.11 bits per heavy atom. The van der Waals surface area contributed by atoms with Gasteiger partial charge in [0.1, 0.15) is 0 Å². The van der Waals surface area contributed by atoms with Crippen molar-refractivity contribution in [3.8, 4) is 0 Å². The molecule has 2 nitrogen and oxygen atoms in total. The first kappa shape index (κ1) is 7.03. The fourth-order valence-electron chi connectivity index (χ4n) is 1.41. The molecule has 1 aliphatic heterocycles. The number of hydrogen-bond acceptors (Lipinski definition) is 2. The molecule has 3 N–H and O–H groups in total. The minimum atomic E-state index is 0.606. The third-order valence-corrected chi connectivity index (χ3v) is 2.11. The molecule has 0 amide bonds. The largest absolute Gasteiger partial charge is 0.329 e. The topological polar surface area (TPSA) is 38.0 Å². The van der Waals surface area contributed by atoms with E-state index in [1.54, 1.807) is 0 Å². The molecular formula is C7H16N2. The first-order chi connectivity index (χ1) is 4.36. The van der Waals surface area contributed by atoms with Crippen molar-refractivity contribution >= 4 is 0 Å². The van der Waals surface area contributed by atoms with Crippen LogP contribution in [0.4, 0.5) is 0 Å². The Bertz CT molecular complexity index is 73.0. The molecule has 1 heterocycles. The summed E-state index contributed by atoms with van der Waals surface area (Å²) in [5, 5.41) is 3.47. The maximum atomic E-state index is 5.49. The third-order valence-electron chi connectivity index (χ3n) is 2.11. The molecular weight excluding hydrogens is 112 g/mol. The van der Waals surface area contributed by atoms with Crippen LogP contribution in [0.3, 0.4) is 0 Å². The van der Waals surface area contributed by atoms with Crippen molar-refractivity contribution in [2.75, 3.05) is 6.54 Å². The number of nitrogens with two attached hydrogens (primary N) is 1. The van der Waals surface area contributed by atoms with Crippen LogP contribution in [0.5, 0.6) is 0 Å². The van der Waals surface area contributed by atoms with Crippen molar-refractivity contribution in [2.24, 2.45) is 5.73 Å². The van der Waals surface area contributed by atoms with Gasteiger partial charge >= 0.3 is 0 Å². The van der Waals surface area contributed by atoms with Gasteiger partial charge in [0.05, 0.1) is 0 Å². The SMILES string of the molecule is CCC1CCC(CN)N1. The normalized spacial score (nSPS) is 35.3. The van der Waals surface area contributed by atoms with Crippen molar-refractivity contribution < 1.29 is 0 Å². The smallest absolute Gasteiger partial charge is 0.0193 e. The van der Waals surface area contributed by atoms with Gasteiger partial charge in [-0.05, 0) is 19.3 Å². The molecule has 1 fully saturated rings. The van der Waals surface area contributed by atoms with Gasteiger partial charge in [-0.15, -0.1) is 0 Å². The monoisotopic (exact) mass is 128 g/mol. The zero-order valence-corrected chi connectivity index (χ0v) is 6.06. The summed E-state index contributed by atoms with van der Waals surface area (Å²) in [7, 11) is 0. The Kier molecular flexibility index (Phi) is 2.49. The average Bonchev–Trinajstić information content (AvgIpc) is 2.34. The van der Waals surface area contributed by atoms with Crippen LogP contribution >= 0.6 is 0 Å². The lowest BCUT2D eigenvalue weighted by Gasteiger charge is -2.09. The standard InChI is InChI=1S/C7H16N2/c1-2-6-3-4-7(5-8)9-6/h6-7,9H,2-5,8H2,1H3. The molecule has 0 aliphatic carbocycles. The van der Waals surface area contributed by atoms with Crippen LogP contribution in [0.25, 0.3) is 0 Å². The molecule has 0 aromatic rings. The van der Waals surface area contributed by atoms with Gasteiger partial charge in [-0.25, -0.2) is 0 Å². The molecule has 2 heteroatoms. The molecule has 0 aromatic heterocycles. The van der Waals surface area contributed by atoms with Crippen LogP contribution in [0.2, 0.25) is 0 Å². The minimum absolute atomic E-state index is 0.606. The number of nitrogens with one attached hydrogen (secondary N) is 1. The second-order valence-corrected chi connectivity index (χ2v) is 2.78. The third kappa shape index (κ3) is 1.66. The van der Waals surface area contributed by atoms with Gasteiger partial charge in [-0.3, -0.25) is 0 Å². The van der Waals surface area contributed by atoms with Crippen molar-refractivity contribution in [1.82, 2.24) is 5.32 Å². The highest BCUT2D eigenvalue weighted by Gasteiger charge is 2.19. The molecule has 1 saturated heterocycles. The van der Waals surface area contributed by atoms with Crippen LogP contribution in [-0.4, -0.2) is 18.6 Å². The molecule has 9 heavy (non-hydrogen) atoms. The summed E-state index contributed by atoms with van der Waals surface area (Å²) in [6, 6.07) is 1.36. The fourth-order valence-corrected chi connectivity index (χ4v) is 1.41. The number of rotatable bonds is 2. The molecule has 0 radical (unpaired) electrons. The predicted molar refractivity (Wildman–Crippen MR) is 39.3 cm³/mol. The molecule has 0 saturated carbocycles. The zero-order valence-electron chi connectivity index (χ0n) is 6.06. The van der Waals surface area contributed by atoms with Gasteiger partial charge in [-0.2, -0.15) is 0 Å². The van der Waals surface area contributed by atoms with Crippen LogP contribution in [0.1, 0.15) is 26.2 Å². The summed E-state index contributed by atoms with van der Waals surface area (Å²) in [5.74, 6) is 0. The van der Waals surface area contributed by atoms with Crippen LogP contribution in [0.15, 0.2) is 0 Å². The Balaban J connectivity index is 2.20. The molecule has 1 aliphatic rings. The van der Waals surface area contributed by atoms with Crippen molar-refractivity contribution in [2.45, 2.75) is 38.3 Å². The quantitative estimate of drug-likeness (QED) is 0.567. The molecule has 0 aromatic carbocycles. The van der Waals surface area contributed by atoms with E-state index in [0.717, 1.165) is 12.6 Å². The van der Waals surface area contributed by atoms with E-state index in [1.807, 2.05) is 0 Å². The lowest BCUT2D eigenvalue weighted by atomic mass is 10.1. The second-order valence-electron chi connectivity index (χ2n) is 2.78. The van der Waals surface area contributed by atoms with E-state index in [0.29, 0.717) is 6.04 Å². The predicted octanol–water partition coefficient (Wildman–Crippen LogP) is 0.476. The van der Waals surface area contributed by atoms with E-state index in [-0.39, 0.29) is 0 Å². The molecule has 0 bridgehead atoms. The van der Waals surface area contributed by atoms with E-state index < -0.39 is 0 Å². The van der Waals surface area contributed by atoms with Gasteiger partial charge in [0, 0.05) is 18.6 Å². The molecule has 0 spiro atoms. The average molecular weight is 128 g/mol. The lowest BCUT2D eigenvalue weighted by Crippen LogP contribution is -2.34. The first-order valence-electron chi connectivity index (χ1n) is 3.83. The summed E-state index contributed by atoms with van der Waals surface area (Å²) in [6.07, 6.45) is 3.84. The van der Waals surface area contributed by atoms with Crippen LogP contribution in [-0.2, 0) is 0 Å². The van der Waals surface area contributed by atoms with Gasteiger partial charge in [0.15, 0.2) is 0 Å². The molecule has 1 rings (SSSR count). The van der Waals surface area contributed by atoms with Gasteiger partial charge in [0.2, 0.25) is 0 Å². The molecule has 54 valence electrons. The van der Waals surface area contributed by atoms with Crippen LogP contribution < -0.4 is 11.1 Å². The highest BCUT2D eigenvalue weighted by atomic mass is 15.0. The highest BCUT2D eigenvalue weighted by molar-refractivity contribution is 4.82. The van der Waals surface area contributed by atoms with Gasteiger partial charge in [0.25, 0.3) is 0 Å². The Morgan fingerprint density at radius 1 is 1.44 bits per heavy atom. The summed E-state index contributed by atoms with van der Waals surface area (Å²) >= 11 is 0. The van der Waals surface area contributed by atoms with Crippen molar-refractivity contribution in [3.05, 3.63) is 0 Å². The fraction of sp³-hybridized carbons (Fsp3) is 1.00. The van der Waals surface area contributed by atoms with E-state index in [9.17, 15) is 0 Å². The summed E-state index contributed by atoms with van der Waals surface area (Å²) < 4.78 is 0. The molecule has 2 unspecified atom stereocenters.